The van der Waals surface area contributed by atoms with Gasteiger partial charge >= 0.3 is 5.97 Å². The zero-order chi connectivity index (χ0) is 10.4. The van der Waals surface area contributed by atoms with Crippen LogP contribution in [0.3, 0.4) is 0 Å². The zero-order valence-corrected chi connectivity index (χ0v) is 9.04. The van der Waals surface area contributed by atoms with Gasteiger partial charge in [-0.05, 0) is 13.8 Å². The summed E-state index contributed by atoms with van der Waals surface area (Å²) in [5.74, 6) is -0.390. The standard InChI is InChI=1S/C9H13NO3S/c1-3-12-4-7(2)13-9(11)8-5-14-6-10-8/h5-7H,3-4H2,1-2H3/t7-/m0/s1. The van der Waals surface area contributed by atoms with Crippen LogP contribution in [0.1, 0.15) is 24.3 Å². The molecule has 0 unspecified atom stereocenters. The van der Waals surface area contributed by atoms with Gasteiger partial charge in [-0.15, -0.1) is 11.3 Å². The van der Waals surface area contributed by atoms with Gasteiger partial charge in [0.05, 0.1) is 12.1 Å². The van der Waals surface area contributed by atoms with Gasteiger partial charge in [0, 0.05) is 12.0 Å². The number of esters is 1. The second-order valence-electron chi connectivity index (χ2n) is 2.75. The average Bonchev–Trinajstić information content (AvgIpc) is 2.67. The Hall–Kier alpha value is -0.940. The molecular formula is C9H13NO3S. The molecule has 0 aliphatic heterocycles. The van der Waals surface area contributed by atoms with E-state index in [-0.39, 0.29) is 6.10 Å². The fourth-order valence-electron chi connectivity index (χ4n) is 0.874. The molecule has 0 aliphatic rings. The Morgan fingerprint density at radius 2 is 2.50 bits per heavy atom. The van der Waals surface area contributed by atoms with Crippen molar-refractivity contribution in [2.45, 2.75) is 20.0 Å². The van der Waals surface area contributed by atoms with Crippen molar-refractivity contribution in [3.8, 4) is 0 Å². The number of hydrogen-bond donors (Lipinski definition) is 0. The molecule has 0 amide bonds. The van der Waals surface area contributed by atoms with Crippen LogP contribution >= 0.6 is 11.3 Å². The Kier molecular flexibility index (Phi) is 4.55. The molecule has 1 aromatic rings. The van der Waals surface area contributed by atoms with Crippen LogP contribution in [-0.2, 0) is 9.47 Å². The first-order valence-electron chi connectivity index (χ1n) is 4.41. The monoisotopic (exact) mass is 215 g/mol. The Balaban J connectivity index is 2.34. The molecule has 78 valence electrons. The molecule has 0 saturated carbocycles. The van der Waals surface area contributed by atoms with E-state index in [1.165, 1.54) is 11.3 Å². The van der Waals surface area contributed by atoms with Gasteiger partial charge in [0.2, 0.25) is 0 Å². The van der Waals surface area contributed by atoms with Crippen LogP contribution in [0.2, 0.25) is 0 Å². The lowest BCUT2D eigenvalue weighted by atomic mass is 10.4. The molecule has 0 saturated heterocycles. The predicted octanol–water partition coefficient (Wildman–Crippen LogP) is 1.72. The number of ether oxygens (including phenoxy) is 2. The van der Waals surface area contributed by atoms with Gasteiger partial charge in [-0.25, -0.2) is 9.78 Å². The first-order valence-corrected chi connectivity index (χ1v) is 5.35. The van der Waals surface area contributed by atoms with Gasteiger partial charge in [-0.1, -0.05) is 0 Å². The zero-order valence-electron chi connectivity index (χ0n) is 8.23. The molecular weight excluding hydrogens is 202 g/mol. The number of thiazole rings is 1. The lowest BCUT2D eigenvalue weighted by Crippen LogP contribution is -2.20. The van der Waals surface area contributed by atoms with Crippen molar-refractivity contribution < 1.29 is 14.3 Å². The molecule has 0 spiro atoms. The molecule has 14 heavy (non-hydrogen) atoms. The van der Waals surface area contributed by atoms with Gasteiger partial charge in [-0.2, -0.15) is 0 Å². The van der Waals surface area contributed by atoms with Crippen LogP contribution < -0.4 is 0 Å². The molecule has 0 bridgehead atoms. The first kappa shape index (κ1) is 11.1. The van der Waals surface area contributed by atoms with Crippen molar-refractivity contribution >= 4 is 17.3 Å². The molecule has 1 rings (SSSR count). The second-order valence-corrected chi connectivity index (χ2v) is 3.47. The van der Waals surface area contributed by atoms with Gasteiger partial charge < -0.3 is 9.47 Å². The van der Waals surface area contributed by atoms with Crippen molar-refractivity contribution in [1.29, 1.82) is 0 Å². The van der Waals surface area contributed by atoms with Gasteiger partial charge in [0.1, 0.15) is 6.10 Å². The summed E-state index contributed by atoms with van der Waals surface area (Å²) in [4.78, 5) is 15.2. The fourth-order valence-corrected chi connectivity index (χ4v) is 1.40. The third-order valence-corrected chi connectivity index (χ3v) is 2.09. The lowest BCUT2D eigenvalue weighted by molar-refractivity contribution is 0.00394. The highest BCUT2D eigenvalue weighted by Gasteiger charge is 2.13. The van der Waals surface area contributed by atoms with Crippen molar-refractivity contribution in [3.05, 3.63) is 16.6 Å². The molecule has 5 heteroatoms. The topological polar surface area (TPSA) is 48.4 Å². The SMILES string of the molecule is CCOC[C@H](C)OC(=O)c1cscn1. The summed E-state index contributed by atoms with van der Waals surface area (Å²) in [7, 11) is 0. The largest absolute Gasteiger partial charge is 0.455 e. The Labute approximate surface area is 86.9 Å². The van der Waals surface area contributed by atoms with Crippen molar-refractivity contribution in [2.75, 3.05) is 13.2 Å². The quantitative estimate of drug-likeness (QED) is 0.702. The number of hydrogen-bond acceptors (Lipinski definition) is 5. The maximum absolute atomic E-state index is 11.3. The van der Waals surface area contributed by atoms with Gasteiger partial charge in [-0.3, -0.25) is 0 Å². The van der Waals surface area contributed by atoms with Gasteiger partial charge in [0.25, 0.3) is 0 Å². The molecule has 1 aromatic heterocycles. The molecule has 4 nitrogen and oxygen atoms in total. The van der Waals surface area contributed by atoms with Crippen LogP contribution in [0.4, 0.5) is 0 Å². The lowest BCUT2D eigenvalue weighted by Gasteiger charge is -2.11. The fraction of sp³-hybridized carbons (Fsp3) is 0.556. The average molecular weight is 215 g/mol. The molecule has 0 N–H and O–H groups in total. The highest BCUT2D eigenvalue weighted by atomic mass is 32.1. The number of nitrogens with zero attached hydrogens (tertiary/aromatic N) is 1. The number of carbonyl (C=O) groups is 1. The highest BCUT2D eigenvalue weighted by molar-refractivity contribution is 7.07. The minimum Gasteiger partial charge on any atom is -0.455 e. The van der Waals surface area contributed by atoms with Crippen LogP contribution in [0.5, 0.6) is 0 Å². The van der Waals surface area contributed by atoms with Crippen LogP contribution in [0, 0.1) is 0 Å². The van der Waals surface area contributed by atoms with E-state index in [9.17, 15) is 4.79 Å². The van der Waals surface area contributed by atoms with E-state index in [1.54, 1.807) is 17.8 Å². The molecule has 0 fully saturated rings. The van der Waals surface area contributed by atoms with Crippen molar-refractivity contribution in [2.24, 2.45) is 0 Å². The van der Waals surface area contributed by atoms with Gasteiger partial charge in [0.15, 0.2) is 5.69 Å². The van der Waals surface area contributed by atoms with E-state index < -0.39 is 5.97 Å². The third kappa shape index (κ3) is 3.43. The van der Waals surface area contributed by atoms with E-state index in [1.807, 2.05) is 6.92 Å². The van der Waals surface area contributed by atoms with E-state index in [0.29, 0.717) is 18.9 Å². The van der Waals surface area contributed by atoms with Crippen LogP contribution in [0.25, 0.3) is 0 Å². The van der Waals surface area contributed by atoms with Crippen molar-refractivity contribution in [1.82, 2.24) is 4.98 Å². The Bertz CT molecular complexity index is 274. The summed E-state index contributed by atoms with van der Waals surface area (Å²) >= 11 is 1.37. The molecule has 1 atom stereocenters. The number of carbonyl (C=O) groups excluding carboxylic acids is 1. The predicted molar refractivity (Wildman–Crippen MR) is 53.5 cm³/mol. The normalized spacial score (nSPS) is 12.4. The van der Waals surface area contributed by atoms with Crippen molar-refractivity contribution in [3.63, 3.8) is 0 Å². The Morgan fingerprint density at radius 3 is 3.07 bits per heavy atom. The van der Waals surface area contributed by atoms with Crippen LogP contribution in [-0.4, -0.2) is 30.3 Å². The van der Waals surface area contributed by atoms with E-state index >= 15 is 0 Å². The summed E-state index contributed by atoms with van der Waals surface area (Å²) in [5, 5.41) is 1.66. The van der Waals surface area contributed by atoms with E-state index in [0.717, 1.165) is 0 Å². The summed E-state index contributed by atoms with van der Waals surface area (Å²) in [6, 6.07) is 0. The van der Waals surface area contributed by atoms with Crippen LogP contribution in [0.15, 0.2) is 10.9 Å². The number of rotatable bonds is 5. The molecule has 0 radical (unpaired) electrons. The maximum Gasteiger partial charge on any atom is 0.358 e. The second kappa shape index (κ2) is 5.72. The summed E-state index contributed by atoms with van der Waals surface area (Å²) in [6.45, 7) is 4.74. The summed E-state index contributed by atoms with van der Waals surface area (Å²) in [5.41, 5.74) is 1.96. The summed E-state index contributed by atoms with van der Waals surface area (Å²) in [6.07, 6.45) is -0.232. The highest BCUT2D eigenvalue weighted by Crippen LogP contribution is 2.05. The van der Waals surface area contributed by atoms with E-state index in [2.05, 4.69) is 4.98 Å². The minimum atomic E-state index is -0.390. The maximum atomic E-state index is 11.3. The van der Waals surface area contributed by atoms with E-state index in [4.69, 9.17) is 9.47 Å². The minimum absolute atomic E-state index is 0.232. The third-order valence-electron chi connectivity index (χ3n) is 1.51. The number of aromatic nitrogens is 1. The Morgan fingerprint density at radius 1 is 1.71 bits per heavy atom. The summed E-state index contributed by atoms with van der Waals surface area (Å²) < 4.78 is 10.2. The first-order chi connectivity index (χ1) is 6.74. The molecule has 0 aliphatic carbocycles. The smallest absolute Gasteiger partial charge is 0.358 e. The molecule has 1 heterocycles. The molecule has 0 aromatic carbocycles.